The number of aliphatic hydroxyl groups is 1. The van der Waals surface area contributed by atoms with Crippen LogP contribution in [0.5, 0.6) is 11.5 Å². The molecular formula is C40H56N2O7. The average Bonchev–Trinajstić information content (AvgIpc) is 3.34. The first-order valence-electron chi connectivity index (χ1n) is 18.0. The number of rotatable bonds is 10. The van der Waals surface area contributed by atoms with Gasteiger partial charge in [0, 0.05) is 0 Å². The summed E-state index contributed by atoms with van der Waals surface area (Å²) in [6, 6.07) is 11.2. The normalized spacial score (nSPS) is 24.8. The minimum Gasteiger partial charge on any atom is -0.509 e. The summed E-state index contributed by atoms with van der Waals surface area (Å²) in [5.74, 6) is 2.48. The van der Waals surface area contributed by atoms with E-state index in [0.29, 0.717) is 36.9 Å². The van der Waals surface area contributed by atoms with Gasteiger partial charge in [0.15, 0.2) is 0 Å². The molecule has 1 aliphatic heterocycles. The largest absolute Gasteiger partial charge is 0.509 e. The lowest BCUT2D eigenvalue weighted by Gasteiger charge is -2.38. The first-order chi connectivity index (χ1) is 23.4. The van der Waals surface area contributed by atoms with Gasteiger partial charge in [-0.15, -0.1) is 0 Å². The molecular weight excluding hydrogens is 620 g/mol. The average molecular weight is 677 g/mol. The molecule has 49 heavy (non-hydrogen) atoms. The van der Waals surface area contributed by atoms with E-state index >= 15 is 0 Å². The van der Waals surface area contributed by atoms with Crippen LogP contribution < -0.4 is 20.1 Å². The van der Waals surface area contributed by atoms with E-state index in [1.165, 1.54) is 6.42 Å². The maximum Gasteiger partial charge on any atom is 0.331 e. The van der Waals surface area contributed by atoms with E-state index in [-0.39, 0.29) is 30.0 Å². The lowest BCUT2D eigenvalue weighted by molar-refractivity contribution is -0.155. The minimum atomic E-state index is -0.876. The Bertz CT molecular complexity index is 1510. The Morgan fingerprint density at radius 2 is 1.41 bits per heavy atom. The second-order valence-electron chi connectivity index (χ2n) is 14.0. The molecule has 1 spiro atoms. The van der Waals surface area contributed by atoms with Crippen LogP contribution in [0.2, 0.25) is 0 Å². The molecule has 5 rings (SSSR count). The molecule has 2 fully saturated rings. The predicted molar refractivity (Wildman–Crippen MR) is 192 cm³/mol. The molecule has 2 amide bonds. The van der Waals surface area contributed by atoms with E-state index < -0.39 is 11.1 Å². The highest BCUT2D eigenvalue weighted by Crippen LogP contribution is 2.44. The van der Waals surface area contributed by atoms with Gasteiger partial charge in [-0.05, 0) is 130 Å². The quantitative estimate of drug-likeness (QED) is 0.226. The molecule has 3 aliphatic rings. The van der Waals surface area contributed by atoms with Crippen LogP contribution in [0.1, 0.15) is 107 Å². The summed E-state index contributed by atoms with van der Waals surface area (Å²) in [6.07, 6.45) is 9.45. The Balaban J connectivity index is 0.000000222. The first kappa shape index (κ1) is 37.8. The summed E-state index contributed by atoms with van der Waals surface area (Å²) in [5, 5.41) is 17.0. The molecule has 0 saturated heterocycles. The molecule has 0 bridgehead atoms. The number of aliphatic hydroxyl groups excluding tert-OH is 1. The van der Waals surface area contributed by atoms with Gasteiger partial charge in [-0.1, -0.05) is 38.8 Å². The topological polar surface area (TPSA) is 123 Å². The lowest BCUT2D eigenvalue weighted by atomic mass is 9.75. The summed E-state index contributed by atoms with van der Waals surface area (Å²) in [6.45, 7) is 10.4. The van der Waals surface area contributed by atoms with Crippen molar-refractivity contribution in [1.29, 1.82) is 0 Å². The molecule has 2 aliphatic carbocycles. The van der Waals surface area contributed by atoms with Crippen LogP contribution in [0.25, 0.3) is 5.57 Å². The van der Waals surface area contributed by atoms with Gasteiger partial charge in [0.1, 0.15) is 22.8 Å². The number of aryl methyl sites for hydroxylation is 2. The standard InChI is InChI=1S/C21H31NO4.C19H25NO3/c1-5-16-9-11-21(12-10-16,20(24)26-6-2)22-19(23)14-17-7-8-18(25-4)13-15(17)3;1-4-13-7-9-19(10-8-13)17(21)16(18(22)20-19)15-6-5-14(23-3)11-12(15)2/h7-8,13,16H,5-6,9-12,14H2,1-4H3,(H,22,23);5-6,11,13,21H,4,7-10H2,1-3H3,(H,20,22). The van der Waals surface area contributed by atoms with Crippen molar-refractivity contribution >= 4 is 23.4 Å². The summed E-state index contributed by atoms with van der Waals surface area (Å²) in [7, 11) is 3.24. The maximum atomic E-state index is 12.7. The molecule has 3 N–H and O–H groups in total. The summed E-state index contributed by atoms with van der Waals surface area (Å²) in [5.41, 5.74) is 2.66. The fourth-order valence-electron chi connectivity index (χ4n) is 7.63. The molecule has 9 nitrogen and oxygen atoms in total. The zero-order chi connectivity index (χ0) is 35.8. The molecule has 9 heteroatoms. The van der Waals surface area contributed by atoms with Crippen molar-refractivity contribution in [2.75, 3.05) is 20.8 Å². The Hall–Kier alpha value is -4.01. The fourth-order valence-corrected chi connectivity index (χ4v) is 7.63. The monoisotopic (exact) mass is 676 g/mol. The van der Waals surface area contributed by atoms with E-state index in [4.69, 9.17) is 14.2 Å². The number of amides is 2. The summed E-state index contributed by atoms with van der Waals surface area (Å²) in [4.78, 5) is 37.9. The maximum absolute atomic E-state index is 12.7. The third-order valence-electron chi connectivity index (χ3n) is 11.0. The van der Waals surface area contributed by atoms with Crippen molar-refractivity contribution in [3.63, 3.8) is 0 Å². The van der Waals surface area contributed by atoms with Crippen LogP contribution in [0, 0.1) is 25.7 Å². The molecule has 2 aromatic rings. The van der Waals surface area contributed by atoms with Gasteiger partial charge >= 0.3 is 5.97 Å². The number of benzene rings is 2. The Morgan fingerprint density at radius 1 is 0.857 bits per heavy atom. The number of nitrogens with one attached hydrogen (secondary N) is 2. The van der Waals surface area contributed by atoms with Crippen molar-refractivity contribution < 1.29 is 33.7 Å². The summed E-state index contributed by atoms with van der Waals surface area (Å²) >= 11 is 0. The van der Waals surface area contributed by atoms with Crippen molar-refractivity contribution in [3.8, 4) is 11.5 Å². The van der Waals surface area contributed by atoms with Crippen LogP contribution in [-0.2, 0) is 25.5 Å². The molecule has 2 saturated carbocycles. The third kappa shape index (κ3) is 8.60. The van der Waals surface area contributed by atoms with E-state index in [9.17, 15) is 19.5 Å². The number of esters is 1. The van der Waals surface area contributed by atoms with Crippen molar-refractivity contribution in [2.24, 2.45) is 11.8 Å². The Kier molecular flexibility index (Phi) is 12.8. The predicted octanol–water partition coefficient (Wildman–Crippen LogP) is 7.31. The zero-order valence-corrected chi connectivity index (χ0v) is 30.5. The molecule has 0 radical (unpaired) electrons. The third-order valence-corrected chi connectivity index (χ3v) is 11.0. The highest BCUT2D eigenvalue weighted by atomic mass is 16.5. The van der Waals surface area contributed by atoms with Gasteiger partial charge in [0.2, 0.25) is 5.91 Å². The Morgan fingerprint density at radius 3 is 1.92 bits per heavy atom. The van der Waals surface area contributed by atoms with E-state index in [2.05, 4.69) is 24.5 Å². The van der Waals surface area contributed by atoms with Crippen LogP contribution >= 0.6 is 0 Å². The summed E-state index contributed by atoms with van der Waals surface area (Å²) < 4.78 is 15.7. The number of methoxy groups -OCH3 is 2. The van der Waals surface area contributed by atoms with Gasteiger partial charge in [0.05, 0.1) is 38.4 Å². The van der Waals surface area contributed by atoms with Crippen molar-refractivity contribution in [3.05, 3.63) is 64.4 Å². The number of ether oxygens (including phenoxy) is 3. The number of carbonyl (C=O) groups excluding carboxylic acids is 3. The highest BCUT2D eigenvalue weighted by Gasteiger charge is 2.48. The van der Waals surface area contributed by atoms with Crippen molar-refractivity contribution in [1.82, 2.24) is 10.6 Å². The smallest absolute Gasteiger partial charge is 0.331 e. The lowest BCUT2D eigenvalue weighted by Crippen LogP contribution is -2.57. The zero-order valence-electron chi connectivity index (χ0n) is 30.5. The van der Waals surface area contributed by atoms with E-state index in [1.54, 1.807) is 21.1 Å². The van der Waals surface area contributed by atoms with Gasteiger partial charge in [-0.2, -0.15) is 0 Å². The highest BCUT2D eigenvalue weighted by molar-refractivity contribution is 6.23. The molecule has 0 atom stereocenters. The Labute approximate surface area is 292 Å². The van der Waals surface area contributed by atoms with Gasteiger partial charge in [0.25, 0.3) is 5.91 Å². The molecule has 2 aromatic carbocycles. The van der Waals surface area contributed by atoms with Crippen LogP contribution in [0.15, 0.2) is 42.2 Å². The second-order valence-corrected chi connectivity index (χ2v) is 14.0. The van der Waals surface area contributed by atoms with Gasteiger partial charge < -0.3 is 30.0 Å². The molecule has 0 unspecified atom stereocenters. The molecule has 0 aromatic heterocycles. The van der Waals surface area contributed by atoms with Crippen LogP contribution in [0.4, 0.5) is 0 Å². The minimum absolute atomic E-state index is 0.138. The van der Waals surface area contributed by atoms with Crippen molar-refractivity contribution in [2.45, 2.75) is 116 Å². The number of hydrogen-bond acceptors (Lipinski definition) is 7. The van der Waals surface area contributed by atoms with E-state index in [1.807, 2.05) is 50.2 Å². The molecule has 268 valence electrons. The number of hydrogen-bond donors (Lipinski definition) is 3. The second kappa shape index (κ2) is 16.6. The van der Waals surface area contributed by atoms with Gasteiger partial charge in [-0.25, -0.2) is 4.79 Å². The SMILES string of the molecule is CCC1CCC2(CC1)NC(=O)C(c1ccc(OC)cc1C)=C2O.CCOC(=O)C1(NC(=O)Cc2ccc(OC)cc2C)CCC(CC)CC1. The fraction of sp³-hybridized carbons (Fsp3) is 0.575. The van der Waals surface area contributed by atoms with E-state index in [0.717, 1.165) is 78.7 Å². The van der Waals surface area contributed by atoms with Gasteiger partial charge in [-0.3, -0.25) is 9.59 Å². The van der Waals surface area contributed by atoms with Crippen LogP contribution in [0.3, 0.4) is 0 Å². The number of carbonyl (C=O) groups is 3. The molecule has 1 heterocycles. The van der Waals surface area contributed by atoms with Crippen LogP contribution in [-0.4, -0.2) is 54.8 Å². The first-order valence-corrected chi connectivity index (χ1v) is 18.0.